The van der Waals surface area contributed by atoms with E-state index in [1.807, 2.05) is 54.6 Å². The third-order valence-corrected chi connectivity index (χ3v) is 12.6. The van der Waals surface area contributed by atoms with Crippen molar-refractivity contribution >= 4 is 62.5 Å². The van der Waals surface area contributed by atoms with Crippen LogP contribution in [-0.4, -0.2) is 87.9 Å². The van der Waals surface area contributed by atoms with Crippen molar-refractivity contribution in [2.45, 2.75) is 47.6 Å². The lowest BCUT2D eigenvalue weighted by Gasteiger charge is -2.38. The van der Waals surface area contributed by atoms with Crippen molar-refractivity contribution in [2.75, 3.05) is 54.0 Å². The lowest BCUT2D eigenvalue weighted by molar-refractivity contribution is -0.139. The molecule has 1 spiro atoms. The first-order chi connectivity index (χ1) is 21.8. The smallest absolute Gasteiger partial charge is 0.251 e. The number of carbonyl (C=O) groups is 3. The van der Waals surface area contributed by atoms with Crippen molar-refractivity contribution < 1.29 is 19.5 Å². The quantitative estimate of drug-likeness (QED) is 0.219. The highest BCUT2D eigenvalue weighted by molar-refractivity contribution is 9.09. The van der Waals surface area contributed by atoms with E-state index in [0.717, 1.165) is 30.2 Å². The van der Waals surface area contributed by atoms with Crippen LogP contribution in [0.25, 0.3) is 0 Å². The maximum Gasteiger partial charge on any atom is 0.251 e. The molecule has 0 saturated carbocycles. The molecule has 3 aliphatic heterocycles. The van der Waals surface area contributed by atoms with Crippen LogP contribution >= 0.6 is 27.7 Å². The fourth-order valence-corrected chi connectivity index (χ4v) is 11.0. The molecular formula is C35H43BrN4O4S. The van der Waals surface area contributed by atoms with E-state index >= 15 is 0 Å². The summed E-state index contributed by atoms with van der Waals surface area (Å²) < 4.78 is -0.792. The number of fused-ring (bicyclic) bond motifs is 1. The number of amides is 3. The predicted molar refractivity (Wildman–Crippen MR) is 187 cm³/mol. The molecule has 3 aliphatic rings. The Hall–Kier alpha value is -3.08. The Labute approximate surface area is 279 Å². The van der Waals surface area contributed by atoms with E-state index in [1.165, 1.54) is 0 Å². The van der Waals surface area contributed by atoms with Gasteiger partial charge < -0.3 is 24.7 Å². The molecule has 3 heterocycles. The van der Waals surface area contributed by atoms with Gasteiger partial charge in [0.25, 0.3) is 5.91 Å². The second-order valence-corrected chi connectivity index (χ2v) is 14.5. The van der Waals surface area contributed by atoms with E-state index in [-0.39, 0.29) is 47.5 Å². The number of likely N-dealkylation sites (tertiary alicyclic amines) is 1. The van der Waals surface area contributed by atoms with E-state index in [1.54, 1.807) is 38.6 Å². The third kappa shape index (κ3) is 5.85. The number of anilines is 3. The molecule has 2 aromatic carbocycles. The minimum absolute atomic E-state index is 0.0452. The Kier molecular flexibility index (Phi) is 10.5. The van der Waals surface area contributed by atoms with Gasteiger partial charge in [0.15, 0.2) is 0 Å². The van der Waals surface area contributed by atoms with Gasteiger partial charge in [0.05, 0.1) is 16.6 Å². The summed E-state index contributed by atoms with van der Waals surface area (Å²) in [6.07, 6.45) is 4.33. The number of para-hydroxylation sites is 1. The van der Waals surface area contributed by atoms with Gasteiger partial charge >= 0.3 is 0 Å². The van der Waals surface area contributed by atoms with Gasteiger partial charge in [-0.1, -0.05) is 46.3 Å². The highest BCUT2D eigenvalue weighted by atomic mass is 79.9. The molecule has 0 aliphatic carbocycles. The Morgan fingerprint density at radius 1 is 0.978 bits per heavy atom. The molecule has 0 radical (unpaired) electrons. The first kappa shape index (κ1) is 33.3. The first-order valence-corrected chi connectivity index (χ1v) is 17.5. The number of carbonyl (C=O) groups excluding carboxylic acids is 3. The molecule has 3 saturated heterocycles. The average molecular weight is 696 g/mol. The second kappa shape index (κ2) is 14.1. The molecule has 8 nitrogen and oxygen atoms in total. The first-order valence-electron chi connectivity index (χ1n) is 15.8. The summed E-state index contributed by atoms with van der Waals surface area (Å²) in [6.45, 7) is 14.5. The van der Waals surface area contributed by atoms with E-state index < -0.39 is 22.6 Å². The van der Waals surface area contributed by atoms with Crippen LogP contribution in [0.15, 0.2) is 79.9 Å². The number of aliphatic hydroxyl groups excluding tert-OH is 1. The summed E-state index contributed by atoms with van der Waals surface area (Å²) in [4.78, 5) is 51.0. The number of aliphatic hydroxyl groups is 1. The summed E-state index contributed by atoms with van der Waals surface area (Å²) in [5.41, 5.74) is 2.55. The molecule has 240 valence electrons. The fourth-order valence-electron chi connectivity index (χ4n) is 7.44. The van der Waals surface area contributed by atoms with Gasteiger partial charge in [-0.2, -0.15) is 0 Å². The highest BCUT2D eigenvalue weighted by Gasteiger charge is 2.76. The van der Waals surface area contributed by atoms with E-state index in [2.05, 4.69) is 47.8 Å². The SMILES string of the molecule is C=CCN(C(=O)C1N(CCCO)C(=O)[C@@H]2[C@H](C(=O)N(CC=C)c3ccccc3)[C@H]3SC12CC3Br)c1ccc(N(CC)CC)cc1. The number of halogens is 1. The molecule has 10 heteroatoms. The Balaban J connectivity index is 1.55. The maximum atomic E-state index is 14.8. The molecular weight excluding hydrogens is 652 g/mol. The average Bonchev–Trinajstić information content (AvgIpc) is 3.65. The molecule has 3 unspecified atom stereocenters. The van der Waals surface area contributed by atoms with Gasteiger partial charge in [-0.3, -0.25) is 14.4 Å². The summed E-state index contributed by atoms with van der Waals surface area (Å²) in [5.74, 6) is -1.78. The van der Waals surface area contributed by atoms with Crippen molar-refractivity contribution in [3.05, 3.63) is 79.9 Å². The van der Waals surface area contributed by atoms with Crippen LogP contribution in [0, 0.1) is 11.8 Å². The fraction of sp³-hybridized carbons (Fsp3) is 0.457. The molecule has 0 aromatic heterocycles. The molecule has 3 amide bonds. The Morgan fingerprint density at radius 3 is 2.13 bits per heavy atom. The van der Waals surface area contributed by atoms with Crippen molar-refractivity contribution in [2.24, 2.45) is 11.8 Å². The number of rotatable bonds is 14. The van der Waals surface area contributed by atoms with E-state index in [9.17, 15) is 19.5 Å². The molecule has 2 bridgehead atoms. The van der Waals surface area contributed by atoms with Crippen LogP contribution < -0.4 is 14.7 Å². The Morgan fingerprint density at radius 2 is 1.56 bits per heavy atom. The zero-order valence-corrected chi connectivity index (χ0v) is 28.5. The summed E-state index contributed by atoms with van der Waals surface area (Å²) >= 11 is 5.49. The summed E-state index contributed by atoms with van der Waals surface area (Å²) in [5, 5.41) is 9.59. The molecule has 1 N–H and O–H groups in total. The lowest BCUT2D eigenvalue weighted by atomic mass is 9.70. The lowest BCUT2D eigenvalue weighted by Crippen LogP contribution is -2.56. The number of hydrogen-bond acceptors (Lipinski definition) is 6. The van der Waals surface area contributed by atoms with E-state index in [0.29, 0.717) is 19.4 Å². The van der Waals surface area contributed by atoms with E-state index in [4.69, 9.17) is 0 Å². The molecule has 45 heavy (non-hydrogen) atoms. The van der Waals surface area contributed by atoms with Gasteiger partial charge in [-0.15, -0.1) is 24.9 Å². The molecule has 2 aromatic rings. The Bertz CT molecular complexity index is 1400. The number of thioether (sulfide) groups is 1. The number of benzene rings is 2. The van der Waals surface area contributed by atoms with Crippen LogP contribution in [0.3, 0.4) is 0 Å². The zero-order chi connectivity index (χ0) is 32.3. The van der Waals surface area contributed by atoms with Crippen molar-refractivity contribution in [3.63, 3.8) is 0 Å². The summed E-state index contributed by atoms with van der Waals surface area (Å²) in [6, 6.07) is 16.6. The monoisotopic (exact) mass is 694 g/mol. The summed E-state index contributed by atoms with van der Waals surface area (Å²) in [7, 11) is 0. The largest absolute Gasteiger partial charge is 0.396 e. The predicted octanol–water partition coefficient (Wildman–Crippen LogP) is 5.12. The topological polar surface area (TPSA) is 84.4 Å². The third-order valence-electron chi connectivity index (χ3n) is 9.38. The number of hydrogen-bond donors (Lipinski definition) is 1. The molecule has 3 fully saturated rings. The van der Waals surface area contributed by atoms with Crippen LogP contribution in [0.1, 0.15) is 26.7 Å². The van der Waals surface area contributed by atoms with Crippen LogP contribution in [0.2, 0.25) is 0 Å². The van der Waals surface area contributed by atoms with Gasteiger partial charge in [-0.25, -0.2) is 0 Å². The normalized spacial score (nSPS) is 26.4. The van der Waals surface area contributed by atoms with Crippen LogP contribution in [0.4, 0.5) is 17.1 Å². The van der Waals surface area contributed by atoms with Gasteiger partial charge in [0.1, 0.15) is 6.04 Å². The number of alkyl halides is 1. The van der Waals surface area contributed by atoms with Gasteiger partial charge in [0.2, 0.25) is 11.8 Å². The van der Waals surface area contributed by atoms with Crippen LogP contribution in [0.5, 0.6) is 0 Å². The minimum Gasteiger partial charge on any atom is -0.396 e. The van der Waals surface area contributed by atoms with Crippen molar-refractivity contribution in [1.82, 2.24) is 4.90 Å². The van der Waals surface area contributed by atoms with Gasteiger partial charge in [0, 0.05) is 66.5 Å². The van der Waals surface area contributed by atoms with Crippen molar-refractivity contribution in [1.29, 1.82) is 0 Å². The zero-order valence-electron chi connectivity index (χ0n) is 26.1. The van der Waals surface area contributed by atoms with Crippen LogP contribution in [-0.2, 0) is 14.4 Å². The standard InChI is InChI=1S/C35H43BrN4O4S/c1-5-19-38(25-13-10-9-11-14-25)32(42)28-29-33(43)40(21-12-22-41)31(35(29)23-27(36)30(28)45-35)34(44)39(20-6-2)26-17-15-24(16-18-26)37(7-3)8-4/h5-6,9-11,13-18,27-31,41H,1-2,7-8,12,19-23H2,3-4H3/t27?,28-,29-,30-,31?,35?/m0/s1. The van der Waals surface area contributed by atoms with Gasteiger partial charge in [-0.05, 0) is 63.1 Å². The highest BCUT2D eigenvalue weighted by Crippen LogP contribution is 2.68. The second-order valence-electron chi connectivity index (χ2n) is 11.8. The van der Waals surface area contributed by atoms with Crippen molar-refractivity contribution in [3.8, 4) is 0 Å². The minimum atomic E-state index is -0.792. The molecule has 6 atom stereocenters. The number of nitrogens with zero attached hydrogens (tertiary/aromatic N) is 4. The maximum absolute atomic E-state index is 14.8. The molecule has 5 rings (SSSR count).